The van der Waals surface area contributed by atoms with Gasteiger partial charge in [-0.25, -0.2) is 9.97 Å². The minimum atomic E-state index is 0.492. The zero-order chi connectivity index (χ0) is 19.2. The summed E-state index contributed by atoms with van der Waals surface area (Å²) in [5.74, 6) is 1.19. The van der Waals surface area contributed by atoms with Crippen molar-refractivity contribution in [3.63, 3.8) is 0 Å². The number of nitrogen functional groups attached to an aromatic ring is 1. The van der Waals surface area contributed by atoms with Crippen LogP contribution in [0.4, 0.5) is 28.7 Å². The number of anilines is 5. The third kappa shape index (κ3) is 4.97. The molecule has 0 saturated carbocycles. The van der Waals surface area contributed by atoms with Gasteiger partial charge in [-0.2, -0.15) is 0 Å². The second-order valence-corrected chi connectivity index (χ2v) is 6.91. The normalized spacial score (nSPS) is 10.6. The van der Waals surface area contributed by atoms with Crippen LogP contribution in [0.3, 0.4) is 0 Å². The van der Waals surface area contributed by atoms with Crippen molar-refractivity contribution in [2.24, 2.45) is 0 Å². The quantitative estimate of drug-likeness (QED) is 0.517. The van der Waals surface area contributed by atoms with Crippen LogP contribution in [0.25, 0.3) is 0 Å². The number of nitrogens with one attached hydrogen (secondary N) is 2. The maximum absolute atomic E-state index is 6.30. The van der Waals surface area contributed by atoms with E-state index in [9.17, 15) is 0 Å². The van der Waals surface area contributed by atoms with Gasteiger partial charge in [0.05, 0.1) is 0 Å². The number of rotatable bonds is 7. The Morgan fingerprint density at radius 3 is 2.04 bits per heavy atom. The third-order valence-corrected chi connectivity index (χ3v) is 4.40. The molecule has 0 spiro atoms. The molecular formula is C22H27N5. The summed E-state index contributed by atoms with van der Waals surface area (Å²) in [4.78, 5) is 8.59. The molecule has 0 atom stereocenters. The number of aromatic nitrogens is 2. The minimum absolute atomic E-state index is 0.492. The fraction of sp³-hybridized carbons (Fsp3) is 0.273. The maximum atomic E-state index is 6.30. The summed E-state index contributed by atoms with van der Waals surface area (Å²) in [6.07, 6.45) is 5.03. The third-order valence-electron chi connectivity index (χ3n) is 4.40. The molecule has 4 N–H and O–H groups in total. The number of hydrogen-bond acceptors (Lipinski definition) is 5. The van der Waals surface area contributed by atoms with E-state index in [-0.39, 0.29) is 0 Å². The molecule has 27 heavy (non-hydrogen) atoms. The Morgan fingerprint density at radius 2 is 1.44 bits per heavy atom. The molecular weight excluding hydrogens is 334 g/mol. The number of aryl methyl sites for hydroxylation is 3. The number of hydrogen-bond donors (Lipinski definition) is 3. The predicted octanol–water partition coefficient (Wildman–Crippen LogP) is 5.51. The van der Waals surface area contributed by atoms with Crippen molar-refractivity contribution < 1.29 is 0 Å². The molecule has 0 amide bonds. The van der Waals surface area contributed by atoms with Crippen LogP contribution in [-0.2, 0) is 6.42 Å². The molecule has 0 aliphatic rings. The Kier molecular flexibility index (Phi) is 5.91. The molecule has 1 aromatic heterocycles. The van der Waals surface area contributed by atoms with Crippen molar-refractivity contribution >= 4 is 28.7 Å². The van der Waals surface area contributed by atoms with Crippen LogP contribution < -0.4 is 16.4 Å². The highest BCUT2D eigenvalue weighted by Crippen LogP contribution is 2.28. The average molecular weight is 361 g/mol. The molecule has 0 aliphatic heterocycles. The van der Waals surface area contributed by atoms with E-state index in [1.54, 1.807) is 0 Å². The molecule has 140 valence electrons. The summed E-state index contributed by atoms with van der Waals surface area (Å²) >= 11 is 0. The van der Waals surface area contributed by atoms with Gasteiger partial charge in [0.25, 0.3) is 0 Å². The van der Waals surface area contributed by atoms with Gasteiger partial charge in [-0.15, -0.1) is 0 Å². The van der Waals surface area contributed by atoms with Gasteiger partial charge in [0.15, 0.2) is 11.6 Å². The lowest BCUT2D eigenvalue weighted by atomic mass is 10.1. The molecule has 3 rings (SSSR count). The van der Waals surface area contributed by atoms with E-state index in [2.05, 4.69) is 83.8 Å². The number of nitrogens with zero attached hydrogens (tertiary/aromatic N) is 2. The van der Waals surface area contributed by atoms with Crippen molar-refractivity contribution in [2.75, 3.05) is 16.4 Å². The van der Waals surface area contributed by atoms with Crippen molar-refractivity contribution in [1.29, 1.82) is 0 Å². The number of unbranched alkanes of at least 4 members (excludes halogenated alkanes) is 1. The van der Waals surface area contributed by atoms with Crippen LogP contribution in [0.15, 0.2) is 48.8 Å². The van der Waals surface area contributed by atoms with Crippen molar-refractivity contribution in [2.45, 2.75) is 40.0 Å². The number of benzene rings is 2. The highest BCUT2D eigenvalue weighted by molar-refractivity contribution is 5.80. The number of nitrogens with two attached hydrogens (primary N) is 1. The van der Waals surface area contributed by atoms with Crippen molar-refractivity contribution in [3.8, 4) is 0 Å². The fourth-order valence-corrected chi connectivity index (χ4v) is 3.05. The Balaban J connectivity index is 1.76. The lowest BCUT2D eigenvalue weighted by Crippen LogP contribution is -2.05. The zero-order valence-electron chi connectivity index (χ0n) is 16.2. The van der Waals surface area contributed by atoms with E-state index in [4.69, 9.17) is 5.73 Å². The summed E-state index contributed by atoms with van der Waals surface area (Å²) in [5, 5.41) is 6.58. The van der Waals surface area contributed by atoms with Gasteiger partial charge in [0.1, 0.15) is 12.0 Å². The zero-order valence-corrected chi connectivity index (χ0v) is 16.2. The minimum Gasteiger partial charge on any atom is -0.393 e. The molecule has 3 aromatic rings. The van der Waals surface area contributed by atoms with Gasteiger partial charge < -0.3 is 16.4 Å². The van der Waals surface area contributed by atoms with Gasteiger partial charge in [0, 0.05) is 11.4 Å². The Bertz CT molecular complexity index is 883. The Morgan fingerprint density at radius 1 is 0.852 bits per heavy atom. The molecule has 0 fully saturated rings. The van der Waals surface area contributed by atoms with E-state index in [1.807, 2.05) is 0 Å². The monoisotopic (exact) mass is 361 g/mol. The van der Waals surface area contributed by atoms with Crippen molar-refractivity contribution in [3.05, 3.63) is 65.5 Å². The van der Waals surface area contributed by atoms with Crippen LogP contribution in [-0.4, -0.2) is 9.97 Å². The molecule has 0 bridgehead atoms. The summed E-state index contributed by atoms with van der Waals surface area (Å²) in [7, 11) is 0. The molecule has 0 aliphatic carbocycles. The Hall–Kier alpha value is -3.08. The summed E-state index contributed by atoms with van der Waals surface area (Å²) < 4.78 is 0. The smallest absolute Gasteiger partial charge is 0.159 e. The Labute approximate surface area is 161 Å². The summed E-state index contributed by atoms with van der Waals surface area (Å²) in [5.41, 5.74) is 12.4. The van der Waals surface area contributed by atoms with E-state index in [0.717, 1.165) is 17.8 Å². The fourth-order valence-electron chi connectivity index (χ4n) is 3.05. The molecule has 0 saturated heterocycles. The molecule has 1 heterocycles. The van der Waals surface area contributed by atoms with Crippen LogP contribution in [0.1, 0.15) is 36.5 Å². The first-order valence-electron chi connectivity index (χ1n) is 9.37. The second-order valence-electron chi connectivity index (χ2n) is 6.91. The van der Waals surface area contributed by atoms with Gasteiger partial charge in [-0.1, -0.05) is 31.5 Å². The maximum Gasteiger partial charge on any atom is 0.159 e. The average Bonchev–Trinajstić information content (AvgIpc) is 2.63. The standard InChI is InChI=1S/C22H27N5/c1-4-5-6-17-7-9-18(10-8-17)26-21-20(23)22(25-14-24-21)27-19-12-15(2)11-16(3)13-19/h7-14H,4-6,23H2,1-3H3,(H2,24,25,26,27). The van der Waals surface area contributed by atoms with E-state index in [0.29, 0.717) is 17.3 Å². The highest BCUT2D eigenvalue weighted by atomic mass is 15.1. The first kappa shape index (κ1) is 18.7. The largest absolute Gasteiger partial charge is 0.393 e. The van der Waals surface area contributed by atoms with Gasteiger partial charge >= 0.3 is 0 Å². The first-order valence-corrected chi connectivity index (χ1v) is 9.37. The van der Waals surface area contributed by atoms with Gasteiger partial charge in [-0.3, -0.25) is 0 Å². The van der Waals surface area contributed by atoms with Gasteiger partial charge in [-0.05, 0) is 67.6 Å². The van der Waals surface area contributed by atoms with Crippen LogP contribution in [0.5, 0.6) is 0 Å². The predicted molar refractivity (Wildman–Crippen MR) is 114 cm³/mol. The second kappa shape index (κ2) is 8.54. The lowest BCUT2D eigenvalue weighted by molar-refractivity contribution is 0.795. The molecule has 0 unspecified atom stereocenters. The molecule has 5 nitrogen and oxygen atoms in total. The summed E-state index contributed by atoms with van der Waals surface area (Å²) in [6.45, 7) is 6.34. The van der Waals surface area contributed by atoms with Crippen molar-refractivity contribution in [1.82, 2.24) is 9.97 Å². The highest BCUT2D eigenvalue weighted by Gasteiger charge is 2.09. The van der Waals surface area contributed by atoms with E-state index >= 15 is 0 Å². The van der Waals surface area contributed by atoms with Crippen LogP contribution >= 0.6 is 0 Å². The van der Waals surface area contributed by atoms with Crippen LogP contribution in [0, 0.1) is 13.8 Å². The first-order chi connectivity index (χ1) is 13.0. The molecule has 5 heteroatoms. The molecule has 0 radical (unpaired) electrons. The van der Waals surface area contributed by atoms with E-state index < -0.39 is 0 Å². The van der Waals surface area contributed by atoms with E-state index in [1.165, 1.54) is 35.9 Å². The summed E-state index contributed by atoms with van der Waals surface area (Å²) in [6, 6.07) is 14.7. The molecule has 2 aromatic carbocycles. The lowest BCUT2D eigenvalue weighted by Gasteiger charge is -2.13. The van der Waals surface area contributed by atoms with Gasteiger partial charge in [0.2, 0.25) is 0 Å². The SMILES string of the molecule is CCCCc1ccc(Nc2ncnc(Nc3cc(C)cc(C)c3)c2N)cc1. The van der Waals surface area contributed by atoms with Crippen LogP contribution in [0.2, 0.25) is 0 Å². The topological polar surface area (TPSA) is 75.9 Å².